The van der Waals surface area contributed by atoms with Gasteiger partial charge in [-0.2, -0.15) is 0 Å². The Balaban J connectivity index is 2.26. The van der Waals surface area contributed by atoms with Gasteiger partial charge in [0.05, 0.1) is 15.8 Å². The van der Waals surface area contributed by atoms with Crippen LogP contribution in [0.25, 0.3) is 0 Å². The van der Waals surface area contributed by atoms with Crippen molar-refractivity contribution in [3.8, 4) is 11.5 Å². The first-order valence-electron chi connectivity index (χ1n) is 7.74. The lowest BCUT2D eigenvalue weighted by Gasteiger charge is -2.22. The van der Waals surface area contributed by atoms with Crippen LogP contribution in [0.3, 0.4) is 0 Å². The normalized spacial score (nSPS) is 14.8. The van der Waals surface area contributed by atoms with Gasteiger partial charge < -0.3 is 14.8 Å². The Bertz CT molecular complexity index is 727. The Morgan fingerprint density at radius 3 is 2.72 bits per heavy atom. The zero-order chi connectivity index (χ0) is 18.4. The number of hydrogen-bond donors (Lipinski definition) is 2. The van der Waals surface area contributed by atoms with Gasteiger partial charge in [-0.25, -0.2) is 13.1 Å². The largest absolute Gasteiger partial charge is 0.486 e. The van der Waals surface area contributed by atoms with E-state index in [1.54, 1.807) is 0 Å². The molecule has 140 valence electrons. The second kappa shape index (κ2) is 8.93. The van der Waals surface area contributed by atoms with Gasteiger partial charge in [0.1, 0.15) is 13.2 Å². The number of rotatable bonds is 8. The minimum absolute atomic E-state index is 0.0750. The van der Waals surface area contributed by atoms with Crippen LogP contribution in [0.1, 0.15) is 23.2 Å². The van der Waals surface area contributed by atoms with Crippen LogP contribution in [0.15, 0.2) is 17.0 Å². The molecule has 0 saturated carbocycles. The van der Waals surface area contributed by atoms with E-state index in [1.165, 1.54) is 19.2 Å². The van der Waals surface area contributed by atoms with Gasteiger partial charge in [-0.15, -0.1) is 23.2 Å². The number of benzene rings is 1. The van der Waals surface area contributed by atoms with Gasteiger partial charge in [0.2, 0.25) is 10.0 Å². The van der Waals surface area contributed by atoms with Crippen LogP contribution in [0, 0.1) is 0 Å². The van der Waals surface area contributed by atoms with Gasteiger partial charge in [0.25, 0.3) is 5.91 Å². The third kappa shape index (κ3) is 5.13. The highest BCUT2D eigenvalue weighted by atomic mass is 35.5. The fraction of sp³-hybridized carbons (Fsp3) is 0.533. The molecule has 0 fully saturated rings. The average molecular weight is 411 g/mol. The van der Waals surface area contributed by atoms with Gasteiger partial charge in [0.15, 0.2) is 11.5 Å². The maximum Gasteiger partial charge on any atom is 0.255 e. The van der Waals surface area contributed by atoms with E-state index in [-0.39, 0.29) is 47.1 Å². The van der Waals surface area contributed by atoms with E-state index < -0.39 is 15.9 Å². The Morgan fingerprint density at radius 2 is 2.04 bits per heavy atom. The summed E-state index contributed by atoms with van der Waals surface area (Å²) in [5.74, 6) is 0.467. The molecular weight excluding hydrogens is 391 g/mol. The number of ether oxygens (including phenoxy) is 2. The predicted molar refractivity (Wildman–Crippen MR) is 95.6 cm³/mol. The zero-order valence-corrected chi connectivity index (χ0v) is 16.0. The first-order valence-corrected chi connectivity index (χ1v) is 10.2. The van der Waals surface area contributed by atoms with Crippen LogP contribution in [0.5, 0.6) is 11.5 Å². The smallest absolute Gasteiger partial charge is 0.255 e. The summed E-state index contributed by atoms with van der Waals surface area (Å²) in [6.45, 7) is 0.786. The fourth-order valence-electron chi connectivity index (χ4n) is 2.27. The molecule has 1 aromatic carbocycles. The van der Waals surface area contributed by atoms with Crippen LogP contribution in [0.4, 0.5) is 0 Å². The molecule has 0 aromatic heterocycles. The monoisotopic (exact) mass is 410 g/mol. The van der Waals surface area contributed by atoms with Crippen molar-refractivity contribution in [3.63, 3.8) is 0 Å². The Kier molecular flexibility index (Phi) is 7.18. The molecular formula is C15H20Cl2N2O5S. The second-order valence-electron chi connectivity index (χ2n) is 5.34. The minimum Gasteiger partial charge on any atom is -0.486 e. The second-order valence-corrected chi connectivity index (χ2v) is 8.22. The van der Waals surface area contributed by atoms with Crippen molar-refractivity contribution in [1.82, 2.24) is 10.0 Å². The third-order valence-corrected chi connectivity index (χ3v) is 5.61. The van der Waals surface area contributed by atoms with Crippen molar-refractivity contribution in [2.75, 3.05) is 32.7 Å². The lowest BCUT2D eigenvalue weighted by atomic mass is 10.1. The quantitative estimate of drug-likeness (QED) is 0.636. The van der Waals surface area contributed by atoms with E-state index in [0.29, 0.717) is 12.3 Å². The first kappa shape index (κ1) is 20.1. The van der Waals surface area contributed by atoms with Crippen molar-refractivity contribution in [2.45, 2.75) is 23.1 Å². The minimum atomic E-state index is -3.74. The summed E-state index contributed by atoms with van der Waals surface area (Å²) in [6.07, 6.45) is 1.41. The maximum absolute atomic E-state index is 12.5. The lowest BCUT2D eigenvalue weighted by molar-refractivity contribution is 0.0941. The van der Waals surface area contributed by atoms with Gasteiger partial charge in [-0.05, 0) is 26.0 Å². The summed E-state index contributed by atoms with van der Waals surface area (Å²) in [6, 6.07) is 2.60. The van der Waals surface area contributed by atoms with E-state index in [9.17, 15) is 13.2 Å². The van der Waals surface area contributed by atoms with Gasteiger partial charge in [-0.3, -0.25) is 4.79 Å². The number of sulfonamides is 1. The molecule has 25 heavy (non-hydrogen) atoms. The highest BCUT2D eigenvalue weighted by molar-refractivity contribution is 7.89. The molecule has 0 spiro atoms. The van der Waals surface area contributed by atoms with Crippen molar-refractivity contribution in [3.05, 3.63) is 17.7 Å². The summed E-state index contributed by atoms with van der Waals surface area (Å²) >= 11 is 11.7. The lowest BCUT2D eigenvalue weighted by Crippen LogP contribution is -2.31. The average Bonchev–Trinajstić information content (AvgIpc) is 2.63. The fourth-order valence-corrected chi connectivity index (χ4v) is 3.43. The van der Waals surface area contributed by atoms with E-state index in [1.807, 2.05) is 0 Å². The molecule has 2 rings (SSSR count). The number of fused-ring (bicyclic) bond motifs is 1. The van der Waals surface area contributed by atoms with Crippen LogP contribution >= 0.6 is 23.2 Å². The van der Waals surface area contributed by atoms with Gasteiger partial charge in [-0.1, -0.05) is 0 Å². The predicted octanol–water partition coefficient (Wildman–Crippen LogP) is 1.72. The van der Waals surface area contributed by atoms with Crippen molar-refractivity contribution in [2.24, 2.45) is 0 Å². The summed E-state index contributed by atoms with van der Waals surface area (Å²) < 4.78 is 37.3. The number of carbonyl (C=O) groups is 1. The molecule has 1 aliphatic rings. The molecule has 1 heterocycles. The number of amides is 1. The first-order chi connectivity index (χ1) is 11.9. The van der Waals surface area contributed by atoms with E-state index in [2.05, 4.69) is 10.0 Å². The molecule has 0 aliphatic carbocycles. The van der Waals surface area contributed by atoms with Crippen LogP contribution in [0.2, 0.25) is 0 Å². The van der Waals surface area contributed by atoms with Crippen molar-refractivity contribution >= 4 is 39.1 Å². The van der Waals surface area contributed by atoms with Gasteiger partial charge >= 0.3 is 0 Å². The number of carbonyl (C=O) groups excluding carboxylic acids is 1. The Hall–Kier alpha value is -1.22. The van der Waals surface area contributed by atoms with E-state index >= 15 is 0 Å². The molecule has 1 atom stereocenters. The highest BCUT2D eigenvalue weighted by Gasteiger charge is 2.26. The SMILES string of the molecule is CNS(=O)(=O)c1cc2c(c(C(=O)NCC(Cl)CCCCl)c1)OCCO2. The standard InChI is InChI=1S/C15H20Cl2N2O5S/c1-18-25(21,22)11-7-12(14-13(8-11)23-5-6-24-14)15(20)19-9-10(17)3-2-4-16/h7-8,10,18H,2-6,9H2,1H3,(H,19,20). The molecule has 0 saturated heterocycles. The Labute approximate surface area is 157 Å². The number of hydrogen-bond acceptors (Lipinski definition) is 5. The molecule has 10 heteroatoms. The summed E-state index contributed by atoms with van der Waals surface area (Å²) in [7, 11) is -2.44. The topological polar surface area (TPSA) is 93.7 Å². The van der Waals surface area contributed by atoms with E-state index in [4.69, 9.17) is 32.7 Å². The third-order valence-electron chi connectivity index (χ3n) is 3.57. The molecule has 1 aromatic rings. The molecule has 2 N–H and O–H groups in total. The molecule has 1 aliphatic heterocycles. The molecule has 1 unspecified atom stereocenters. The van der Waals surface area contributed by atoms with Crippen LogP contribution in [-0.4, -0.2) is 52.4 Å². The summed E-state index contributed by atoms with van der Waals surface area (Å²) in [5.41, 5.74) is 0.0900. The molecule has 7 nitrogen and oxygen atoms in total. The number of alkyl halides is 2. The van der Waals surface area contributed by atoms with Crippen molar-refractivity contribution < 1.29 is 22.7 Å². The maximum atomic E-state index is 12.5. The molecule has 0 radical (unpaired) electrons. The van der Waals surface area contributed by atoms with Crippen molar-refractivity contribution in [1.29, 1.82) is 0 Å². The summed E-state index contributed by atoms with van der Waals surface area (Å²) in [4.78, 5) is 12.4. The molecule has 1 amide bonds. The Morgan fingerprint density at radius 1 is 1.32 bits per heavy atom. The number of nitrogens with one attached hydrogen (secondary N) is 2. The summed E-state index contributed by atoms with van der Waals surface area (Å²) in [5, 5.41) is 2.43. The van der Waals surface area contributed by atoms with Crippen LogP contribution < -0.4 is 19.5 Å². The van der Waals surface area contributed by atoms with E-state index in [0.717, 1.165) is 6.42 Å². The zero-order valence-electron chi connectivity index (χ0n) is 13.7. The van der Waals surface area contributed by atoms with Gasteiger partial charge in [0, 0.05) is 18.5 Å². The highest BCUT2D eigenvalue weighted by Crippen LogP contribution is 2.36. The number of halogens is 2. The molecule has 0 bridgehead atoms. The van der Waals surface area contributed by atoms with Crippen LogP contribution in [-0.2, 0) is 10.0 Å².